The van der Waals surface area contributed by atoms with E-state index in [4.69, 9.17) is 0 Å². The van der Waals surface area contributed by atoms with Crippen molar-refractivity contribution in [1.29, 1.82) is 0 Å². The van der Waals surface area contributed by atoms with Crippen LogP contribution >= 0.6 is 0 Å². The van der Waals surface area contributed by atoms with Crippen LogP contribution in [0.15, 0.2) is 18.2 Å². The van der Waals surface area contributed by atoms with Crippen molar-refractivity contribution < 1.29 is 4.79 Å². The standard InChI is InChI=1S/C16H25N3O/c1-3-8-16(9-5-10-17-12-16)15(20)18-11-14-7-4-6-13(2)19-14/h4,6-7,17H,3,5,8-12H2,1-2H3,(H,18,20). The van der Waals surface area contributed by atoms with Gasteiger partial charge in [0.05, 0.1) is 17.7 Å². The van der Waals surface area contributed by atoms with Gasteiger partial charge in [-0.25, -0.2) is 0 Å². The molecule has 0 bridgehead atoms. The number of amides is 1. The highest BCUT2D eigenvalue weighted by Gasteiger charge is 2.38. The molecule has 2 heterocycles. The summed E-state index contributed by atoms with van der Waals surface area (Å²) in [7, 11) is 0. The maximum absolute atomic E-state index is 12.6. The molecule has 1 aliphatic rings. The number of aromatic nitrogens is 1. The number of nitrogens with one attached hydrogen (secondary N) is 2. The molecular formula is C16H25N3O. The molecule has 0 aromatic carbocycles. The zero-order chi connectivity index (χ0) is 14.4. The lowest BCUT2D eigenvalue weighted by Crippen LogP contribution is -2.50. The molecule has 20 heavy (non-hydrogen) atoms. The van der Waals surface area contributed by atoms with Crippen LogP contribution in [0.5, 0.6) is 0 Å². The maximum atomic E-state index is 12.6. The second-order valence-electron chi connectivity index (χ2n) is 5.76. The zero-order valence-electron chi connectivity index (χ0n) is 12.5. The van der Waals surface area contributed by atoms with Crippen LogP contribution in [-0.2, 0) is 11.3 Å². The minimum absolute atomic E-state index is 0.176. The first-order chi connectivity index (χ1) is 9.66. The van der Waals surface area contributed by atoms with Gasteiger partial charge in [0.15, 0.2) is 0 Å². The highest BCUT2D eigenvalue weighted by molar-refractivity contribution is 5.83. The van der Waals surface area contributed by atoms with E-state index in [9.17, 15) is 4.79 Å². The van der Waals surface area contributed by atoms with Crippen LogP contribution in [0, 0.1) is 12.3 Å². The van der Waals surface area contributed by atoms with Gasteiger partial charge in [0.1, 0.15) is 0 Å². The fourth-order valence-electron chi connectivity index (χ4n) is 3.02. The van der Waals surface area contributed by atoms with E-state index in [0.717, 1.165) is 50.2 Å². The molecule has 2 N–H and O–H groups in total. The van der Waals surface area contributed by atoms with Gasteiger partial charge >= 0.3 is 0 Å². The molecule has 0 saturated carbocycles. The Bertz CT molecular complexity index is 447. The number of carbonyl (C=O) groups is 1. The Morgan fingerprint density at radius 2 is 2.35 bits per heavy atom. The summed E-state index contributed by atoms with van der Waals surface area (Å²) in [4.78, 5) is 17.0. The Morgan fingerprint density at radius 1 is 1.50 bits per heavy atom. The summed E-state index contributed by atoms with van der Waals surface area (Å²) in [6.07, 6.45) is 4.06. The quantitative estimate of drug-likeness (QED) is 0.866. The normalized spacial score (nSPS) is 22.5. The van der Waals surface area contributed by atoms with Gasteiger partial charge in [0, 0.05) is 12.2 Å². The molecular weight excluding hydrogens is 250 g/mol. The third kappa shape index (κ3) is 3.57. The van der Waals surface area contributed by atoms with Crippen molar-refractivity contribution in [3.05, 3.63) is 29.6 Å². The molecule has 4 heteroatoms. The molecule has 0 radical (unpaired) electrons. The van der Waals surface area contributed by atoms with Gasteiger partial charge in [-0.1, -0.05) is 19.4 Å². The van der Waals surface area contributed by atoms with E-state index in [1.54, 1.807) is 0 Å². The van der Waals surface area contributed by atoms with Gasteiger partial charge in [-0.15, -0.1) is 0 Å². The molecule has 1 aromatic rings. The average molecular weight is 275 g/mol. The molecule has 0 aliphatic carbocycles. The Balaban J connectivity index is 1.98. The van der Waals surface area contributed by atoms with Crippen LogP contribution in [0.25, 0.3) is 0 Å². The van der Waals surface area contributed by atoms with Crippen molar-refractivity contribution in [2.24, 2.45) is 5.41 Å². The van der Waals surface area contributed by atoms with Crippen LogP contribution in [0.3, 0.4) is 0 Å². The number of hydrogen-bond donors (Lipinski definition) is 2. The van der Waals surface area contributed by atoms with Gasteiger partial charge in [0.2, 0.25) is 5.91 Å². The first-order valence-electron chi connectivity index (χ1n) is 7.58. The second-order valence-corrected chi connectivity index (χ2v) is 5.76. The van der Waals surface area contributed by atoms with Crippen LogP contribution in [-0.4, -0.2) is 24.0 Å². The first kappa shape index (κ1) is 15.0. The van der Waals surface area contributed by atoms with Crippen molar-refractivity contribution in [2.75, 3.05) is 13.1 Å². The zero-order valence-corrected chi connectivity index (χ0v) is 12.5. The summed E-state index contributed by atoms with van der Waals surface area (Å²) >= 11 is 0. The Kier molecular flexibility index (Phi) is 5.12. The molecule has 110 valence electrons. The largest absolute Gasteiger partial charge is 0.350 e. The molecule has 0 spiro atoms. The topological polar surface area (TPSA) is 54.0 Å². The van der Waals surface area contributed by atoms with Crippen molar-refractivity contribution >= 4 is 5.91 Å². The lowest BCUT2D eigenvalue weighted by Gasteiger charge is -2.36. The van der Waals surface area contributed by atoms with Crippen molar-refractivity contribution in [3.8, 4) is 0 Å². The summed E-state index contributed by atoms with van der Waals surface area (Å²) < 4.78 is 0. The number of aryl methyl sites for hydroxylation is 1. The lowest BCUT2D eigenvalue weighted by atomic mass is 9.76. The van der Waals surface area contributed by atoms with Crippen molar-refractivity contribution in [2.45, 2.75) is 46.1 Å². The number of piperidine rings is 1. The van der Waals surface area contributed by atoms with Gasteiger partial charge in [-0.05, 0) is 44.9 Å². The maximum Gasteiger partial charge on any atom is 0.227 e. The van der Waals surface area contributed by atoms with E-state index in [2.05, 4.69) is 22.5 Å². The van der Waals surface area contributed by atoms with E-state index < -0.39 is 0 Å². The van der Waals surface area contributed by atoms with Gasteiger partial charge in [0.25, 0.3) is 0 Å². The average Bonchev–Trinajstić information content (AvgIpc) is 2.46. The molecule has 1 saturated heterocycles. The fourth-order valence-corrected chi connectivity index (χ4v) is 3.02. The molecule has 2 rings (SSSR count). The predicted octanol–water partition coefficient (Wildman–Crippen LogP) is 2.18. The molecule has 1 aromatic heterocycles. The van der Waals surface area contributed by atoms with Gasteiger partial charge in [-0.3, -0.25) is 9.78 Å². The van der Waals surface area contributed by atoms with Crippen LogP contribution < -0.4 is 10.6 Å². The summed E-state index contributed by atoms with van der Waals surface area (Å²) in [6.45, 7) is 6.46. The van der Waals surface area contributed by atoms with Crippen molar-refractivity contribution in [1.82, 2.24) is 15.6 Å². The number of rotatable bonds is 5. The van der Waals surface area contributed by atoms with Crippen molar-refractivity contribution in [3.63, 3.8) is 0 Å². The summed E-state index contributed by atoms with van der Waals surface area (Å²) in [6, 6.07) is 5.90. The molecule has 1 amide bonds. The van der Waals surface area contributed by atoms with Crippen LogP contribution in [0.4, 0.5) is 0 Å². The van der Waals surface area contributed by atoms with E-state index in [1.807, 2.05) is 25.1 Å². The van der Waals surface area contributed by atoms with Gasteiger partial charge in [-0.2, -0.15) is 0 Å². The summed E-state index contributed by atoms with van der Waals surface area (Å²) in [5, 5.41) is 6.45. The predicted molar refractivity (Wildman–Crippen MR) is 80.3 cm³/mol. The van der Waals surface area contributed by atoms with Crippen LogP contribution in [0.1, 0.15) is 44.0 Å². The monoisotopic (exact) mass is 275 g/mol. The third-order valence-electron chi connectivity index (χ3n) is 4.06. The Morgan fingerprint density at radius 3 is 3.00 bits per heavy atom. The SMILES string of the molecule is CCCC1(C(=O)NCc2cccc(C)n2)CCCNC1. The molecule has 4 nitrogen and oxygen atoms in total. The van der Waals surface area contributed by atoms with Crippen LogP contribution in [0.2, 0.25) is 0 Å². The second kappa shape index (κ2) is 6.84. The summed E-state index contributed by atoms with van der Waals surface area (Å²) in [5.74, 6) is 0.176. The number of nitrogens with zero attached hydrogens (tertiary/aromatic N) is 1. The van der Waals surface area contributed by atoms with E-state index in [-0.39, 0.29) is 11.3 Å². The minimum atomic E-state index is -0.225. The molecule has 1 aliphatic heterocycles. The number of pyridine rings is 1. The molecule has 1 unspecified atom stereocenters. The van der Waals surface area contributed by atoms with Gasteiger partial charge < -0.3 is 10.6 Å². The molecule has 1 atom stereocenters. The fraction of sp³-hybridized carbons (Fsp3) is 0.625. The van der Waals surface area contributed by atoms with E-state index >= 15 is 0 Å². The summed E-state index contributed by atoms with van der Waals surface area (Å²) in [5.41, 5.74) is 1.68. The van der Waals surface area contributed by atoms with E-state index in [0.29, 0.717) is 6.54 Å². The number of carbonyl (C=O) groups excluding carboxylic acids is 1. The minimum Gasteiger partial charge on any atom is -0.350 e. The smallest absolute Gasteiger partial charge is 0.227 e. The molecule has 1 fully saturated rings. The Labute approximate surface area is 121 Å². The van der Waals surface area contributed by atoms with E-state index in [1.165, 1.54) is 0 Å². The highest BCUT2D eigenvalue weighted by Crippen LogP contribution is 2.31. The third-order valence-corrected chi connectivity index (χ3v) is 4.06. The number of hydrogen-bond acceptors (Lipinski definition) is 3. The Hall–Kier alpha value is -1.42. The lowest BCUT2D eigenvalue weighted by molar-refractivity contribution is -0.132. The first-order valence-corrected chi connectivity index (χ1v) is 7.58. The highest BCUT2D eigenvalue weighted by atomic mass is 16.2.